The molecule has 0 radical (unpaired) electrons. The largest absolute Gasteiger partial charge is 0.356 e. The molecule has 2 saturated carbocycles. The van der Waals surface area contributed by atoms with Crippen LogP contribution in [0.25, 0.3) is 0 Å². The van der Waals surface area contributed by atoms with Crippen molar-refractivity contribution in [3.05, 3.63) is 0 Å². The first-order chi connectivity index (χ1) is 5.27. The van der Waals surface area contributed by atoms with Gasteiger partial charge in [-0.05, 0) is 31.1 Å². The average molecular weight is 153 g/mol. The third-order valence-electron chi connectivity index (χ3n) is 2.71. The zero-order chi connectivity index (χ0) is 7.84. The lowest BCUT2D eigenvalue weighted by Gasteiger charge is -2.01. The van der Waals surface area contributed by atoms with Crippen LogP contribution in [0.3, 0.4) is 0 Å². The fraction of sp³-hybridized carbons (Fsp3) is 0.889. The van der Waals surface area contributed by atoms with E-state index < -0.39 is 0 Å². The molecule has 0 aromatic carbocycles. The summed E-state index contributed by atoms with van der Waals surface area (Å²) >= 11 is 0. The molecule has 2 nitrogen and oxygen atoms in total. The highest BCUT2D eigenvalue weighted by atomic mass is 16.2. The summed E-state index contributed by atoms with van der Waals surface area (Å²) in [5, 5.41) is 3.00. The predicted molar refractivity (Wildman–Crippen MR) is 43.0 cm³/mol. The van der Waals surface area contributed by atoms with Gasteiger partial charge in [0.25, 0.3) is 0 Å². The third-order valence-corrected chi connectivity index (χ3v) is 2.71. The fourth-order valence-electron chi connectivity index (χ4n) is 1.39. The Morgan fingerprint density at radius 2 is 2.18 bits per heavy atom. The lowest BCUT2D eigenvalue weighted by molar-refractivity contribution is -0.122. The first kappa shape index (κ1) is 7.14. The SMILES string of the molecule is CC1CC1C(=O)NCC1CC1. The van der Waals surface area contributed by atoms with E-state index >= 15 is 0 Å². The molecule has 0 spiro atoms. The van der Waals surface area contributed by atoms with Crippen molar-refractivity contribution in [2.75, 3.05) is 6.54 Å². The van der Waals surface area contributed by atoms with Crippen LogP contribution in [0.5, 0.6) is 0 Å². The van der Waals surface area contributed by atoms with E-state index in [1.165, 1.54) is 12.8 Å². The van der Waals surface area contributed by atoms with Gasteiger partial charge in [-0.3, -0.25) is 4.79 Å². The Labute approximate surface area is 67.4 Å². The van der Waals surface area contributed by atoms with E-state index in [1.807, 2.05) is 0 Å². The number of hydrogen-bond acceptors (Lipinski definition) is 1. The Morgan fingerprint density at radius 1 is 1.55 bits per heavy atom. The Morgan fingerprint density at radius 3 is 2.64 bits per heavy atom. The fourth-order valence-corrected chi connectivity index (χ4v) is 1.39. The van der Waals surface area contributed by atoms with Crippen molar-refractivity contribution in [3.63, 3.8) is 0 Å². The number of amides is 1. The summed E-state index contributed by atoms with van der Waals surface area (Å²) in [5.74, 6) is 2.11. The van der Waals surface area contributed by atoms with E-state index in [2.05, 4.69) is 12.2 Å². The molecule has 2 fully saturated rings. The standard InChI is InChI=1S/C9H15NO/c1-6-4-8(6)9(11)10-5-7-2-3-7/h6-8H,2-5H2,1H3,(H,10,11). The van der Waals surface area contributed by atoms with Gasteiger partial charge in [0.1, 0.15) is 0 Å². The van der Waals surface area contributed by atoms with Crippen molar-refractivity contribution < 1.29 is 4.79 Å². The van der Waals surface area contributed by atoms with Crippen LogP contribution >= 0.6 is 0 Å². The predicted octanol–water partition coefficient (Wildman–Crippen LogP) is 1.17. The smallest absolute Gasteiger partial charge is 0.223 e. The molecule has 0 saturated heterocycles. The zero-order valence-electron chi connectivity index (χ0n) is 6.97. The minimum atomic E-state index is 0.296. The van der Waals surface area contributed by atoms with Gasteiger partial charge in [-0.2, -0.15) is 0 Å². The molecule has 0 aliphatic heterocycles. The molecule has 2 heteroatoms. The topological polar surface area (TPSA) is 29.1 Å². The normalized spacial score (nSPS) is 35.0. The number of carbonyl (C=O) groups is 1. The molecular formula is C9H15NO. The molecule has 2 atom stereocenters. The van der Waals surface area contributed by atoms with Crippen LogP contribution in [-0.4, -0.2) is 12.5 Å². The van der Waals surface area contributed by atoms with Gasteiger partial charge >= 0.3 is 0 Å². The lowest BCUT2D eigenvalue weighted by atomic mass is 10.3. The van der Waals surface area contributed by atoms with Crippen LogP contribution in [-0.2, 0) is 4.79 Å². The molecule has 11 heavy (non-hydrogen) atoms. The summed E-state index contributed by atoms with van der Waals surface area (Å²) in [6.45, 7) is 3.07. The molecule has 0 aromatic heterocycles. The first-order valence-electron chi connectivity index (χ1n) is 4.55. The van der Waals surface area contributed by atoms with Gasteiger partial charge in [-0.25, -0.2) is 0 Å². The number of rotatable bonds is 3. The number of hydrogen-bond donors (Lipinski definition) is 1. The summed E-state index contributed by atoms with van der Waals surface area (Å²) in [7, 11) is 0. The molecule has 1 amide bonds. The molecule has 2 rings (SSSR count). The Hall–Kier alpha value is -0.530. The van der Waals surface area contributed by atoms with E-state index in [1.54, 1.807) is 0 Å². The molecule has 0 heterocycles. The second kappa shape index (κ2) is 2.50. The quantitative estimate of drug-likeness (QED) is 0.648. The van der Waals surface area contributed by atoms with Crippen molar-refractivity contribution in [3.8, 4) is 0 Å². The Balaban J connectivity index is 1.65. The first-order valence-corrected chi connectivity index (χ1v) is 4.55. The van der Waals surface area contributed by atoms with E-state index in [4.69, 9.17) is 0 Å². The molecule has 0 aromatic rings. The van der Waals surface area contributed by atoms with E-state index in [0.29, 0.717) is 17.7 Å². The van der Waals surface area contributed by atoms with Gasteiger partial charge in [0.15, 0.2) is 0 Å². The zero-order valence-corrected chi connectivity index (χ0v) is 6.97. The Kier molecular flexibility index (Phi) is 1.63. The van der Waals surface area contributed by atoms with Gasteiger partial charge in [-0.1, -0.05) is 6.92 Å². The van der Waals surface area contributed by atoms with Crippen LogP contribution in [0.4, 0.5) is 0 Å². The van der Waals surface area contributed by atoms with Crippen molar-refractivity contribution in [1.82, 2.24) is 5.32 Å². The van der Waals surface area contributed by atoms with E-state index in [9.17, 15) is 4.79 Å². The minimum Gasteiger partial charge on any atom is -0.356 e. The maximum atomic E-state index is 11.2. The maximum Gasteiger partial charge on any atom is 0.223 e. The van der Waals surface area contributed by atoms with Gasteiger partial charge < -0.3 is 5.32 Å². The Bertz CT molecular complexity index is 174. The molecular weight excluding hydrogens is 138 g/mol. The number of carbonyl (C=O) groups excluding carboxylic acids is 1. The second-order valence-corrected chi connectivity index (χ2v) is 4.01. The van der Waals surface area contributed by atoms with Crippen molar-refractivity contribution in [2.45, 2.75) is 26.2 Å². The summed E-state index contributed by atoms with van der Waals surface area (Å²) in [4.78, 5) is 11.2. The summed E-state index contributed by atoms with van der Waals surface area (Å²) < 4.78 is 0. The van der Waals surface area contributed by atoms with Crippen LogP contribution in [0.1, 0.15) is 26.2 Å². The molecule has 2 aliphatic rings. The molecule has 0 bridgehead atoms. The number of nitrogens with one attached hydrogen (secondary N) is 1. The van der Waals surface area contributed by atoms with Crippen LogP contribution in [0.2, 0.25) is 0 Å². The highest BCUT2D eigenvalue weighted by molar-refractivity contribution is 5.81. The van der Waals surface area contributed by atoms with Gasteiger partial charge in [0.05, 0.1) is 0 Å². The molecule has 2 unspecified atom stereocenters. The van der Waals surface area contributed by atoms with Gasteiger partial charge in [0, 0.05) is 12.5 Å². The monoisotopic (exact) mass is 153 g/mol. The second-order valence-electron chi connectivity index (χ2n) is 4.01. The van der Waals surface area contributed by atoms with Crippen LogP contribution < -0.4 is 5.32 Å². The van der Waals surface area contributed by atoms with Crippen molar-refractivity contribution in [1.29, 1.82) is 0 Å². The highest BCUT2D eigenvalue weighted by Gasteiger charge is 2.39. The van der Waals surface area contributed by atoms with Crippen molar-refractivity contribution >= 4 is 5.91 Å². The molecule has 2 aliphatic carbocycles. The molecule has 62 valence electrons. The maximum absolute atomic E-state index is 11.2. The average Bonchev–Trinajstić information content (AvgIpc) is 2.78. The van der Waals surface area contributed by atoms with Gasteiger partial charge in [0.2, 0.25) is 5.91 Å². The summed E-state index contributed by atoms with van der Waals surface area (Å²) in [5.41, 5.74) is 0. The third kappa shape index (κ3) is 1.73. The minimum absolute atomic E-state index is 0.296. The lowest BCUT2D eigenvalue weighted by Crippen LogP contribution is -2.27. The van der Waals surface area contributed by atoms with Crippen LogP contribution in [0, 0.1) is 17.8 Å². The van der Waals surface area contributed by atoms with Crippen molar-refractivity contribution in [2.24, 2.45) is 17.8 Å². The summed E-state index contributed by atoms with van der Waals surface area (Å²) in [6.07, 6.45) is 3.75. The highest BCUT2D eigenvalue weighted by Crippen LogP contribution is 2.38. The van der Waals surface area contributed by atoms with Gasteiger partial charge in [-0.15, -0.1) is 0 Å². The van der Waals surface area contributed by atoms with E-state index in [-0.39, 0.29) is 0 Å². The van der Waals surface area contributed by atoms with E-state index in [0.717, 1.165) is 18.9 Å². The van der Waals surface area contributed by atoms with Crippen LogP contribution in [0.15, 0.2) is 0 Å². The summed E-state index contributed by atoms with van der Waals surface area (Å²) in [6, 6.07) is 0. The molecule has 1 N–H and O–H groups in total.